The summed E-state index contributed by atoms with van der Waals surface area (Å²) < 4.78 is 32.7. The maximum Gasteiger partial charge on any atom is 0.339 e. The molecule has 0 radical (unpaired) electrons. The van der Waals surface area contributed by atoms with E-state index >= 15 is 0 Å². The van der Waals surface area contributed by atoms with Crippen LogP contribution in [0.2, 0.25) is 0 Å². The van der Waals surface area contributed by atoms with Crippen molar-refractivity contribution in [2.24, 2.45) is 7.05 Å². The third-order valence-electron chi connectivity index (χ3n) is 4.58. The van der Waals surface area contributed by atoms with Gasteiger partial charge in [0.15, 0.2) is 5.75 Å². The van der Waals surface area contributed by atoms with Gasteiger partial charge in [-0.05, 0) is 30.5 Å². The highest BCUT2D eigenvalue weighted by molar-refractivity contribution is 7.87. The van der Waals surface area contributed by atoms with Gasteiger partial charge in [0, 0.05) is 30.9 Å². The molecule has 0 aliphatic heterocycles. The van der Waals surface area contributed by atoms with Gasteiger partial charge in [0.05, 0.1) is 10.5 Å². The third-order valence-corrected chi connectivity index (χ3v) is 5.82. The standard InChI is InChI=1S/C21H23N3O5S/c1-14-6-9-16(10-7-14)30(27,28)29-19-11-8-15(24(25)26)12-17(19)20-18(21(2,3)4)13-23(5)22-20/h6-13H,1-5H3. The molecule has 158 valence electrons. The highest BCUT2D eigenvalue weighted by Gasteiger charge is 2.27. The lowest BCUT2D eigenvalue weighted by Crippen LogP contribution is -2.13. The van der Waals surface area contributed by atoms with Gasteiger partial charge in [0.1, 0.15) is 10.6 Å². The Bertz CT molecular complexity index is 1210. The van der Waals surface area contributed by atoms with Gasteiger partial charge in [-0.3, -0.25) is 14.8 Å². The average Bonchev–Trinajstić information content (AvgIpc) is 3.04. The summed E-state index contributed by atoms with van der Waals surface area (Å²) in [6, 6.07) is 10.0. The molecule has 0 N–H and O–H groups in total. The van der Waals surface area contributed by atoms with E-state index < -0.39 is 15.0 Å². The molecule has 1 heterocycles. The second-order valence-electron chi connectivity index (χ2n) is 8.10. The zero-order valence-electron chi connectivity index (χ0n) is 17.4. The fourth-order valence-electron chi connectivity index (χ4n) is 3.00. The summed E-state index contributed by atoms with van der Waals surface area (Å²) in [7, 11) is -2.40. The number of aromatic nitrogens is 2. The van der Waals surface area contributed by atoms with Crippen LogP contribution in [0.15, 0.2) is 53.6 Å². The van der Waals surface area contributed by atoms with Crippen molar-refractivity contribution in [3.63, 3.8) is 0 Å². The molecule has 1 aromatic heterocycles. The molecule has 3 aromatic rings. The van der Waals surface area contributed by atoms with Crippen LogP contribution in [0.4, 0.5) is 5.69 Å². The lowest BCUT2D eigenvalue weighted by atomic mass is 9.85. The Morgan fingerprint density at radius 3 is 2.30 bits per heavy atom. The van der Waals surface area contributed by atoms with E-state index in [9.17, 15) is 18.5 Å². The van der Waals surface area contributed by atoms with E-state index in [0.29, 0.717) is 5.69 Å². The normalized spacial score (nSPS) is 12.0. The average molecular weight is 429 g/mol. The molecule has 0 aliphatic rings. The molecule has 0 saturated carbocycles. The third kappa shape index (κ3) is 4.35. The van der Waals surface area contributed by atoms with Gasteiger partial charge in [0.25, 0.3) is 5.69 Å². The van der Waals surface area contributed by atoms with Crippen molar-refractivity contribution in [3.05, 3.63) is 69.9 Å². The van der Waals surface area contributed by atoms with E-state index in [1.807, 2.05) is 33.9 Å². The van der Waals surface area contributed by atoms with E-state index in [4.69, 9.17) is 4.18 Å². The first-order valence-electron chi connectivity index (χ1n) is 9.22. The molecule has 0 saturated heterocycles. The Morgan fingerprint density at radius 1 is 1.10 bits per heavy atom. The van der Waals surface area contributed by atoms with Gasteiger partial charge in [-0.2, -0.15) is 13.5 Å². The molecule has 0 spiro atoms. The van der Waals surface area contributed by atoms with Crippen LogP contribution in [0.25, 0.3) is 11.3 Å². The van der Waals surface area contributed by atoms with Crippen LogP contribution >= 0.6 is 0 Å². The van der Waals surface area contributed by atoms with E-state index in [-0.39, 0.29) is 27.3 Å². The summed E-state index contributed by atoms with van der Waals surface area (Å²) in [6.45, 7) is 7.79. The molecule has 30 heavy (non-hydrogen) atoms. The zero-order valence-corrected chi connectivity index (χ0v) is 18.2. The van der Waals surface area contributed by atoms with Gasteiger partial charge in [-0.15, -0.1) is 0 Å². The molecular formula is C21H23N3O5S. The Labute approximate surface area is 175 Å². The summed E-state index contributed by atoms with van der Waals surface area (Å²) >= 11 is 0. The van der Waals surface area contributed by atoms with Crippen LogP contribution in [0.1, 0.15) is 31.9 Å². The van der Waals surface area contributed by atoms with Crippen molar-refractivity contribution < 1.29 is 17.5 Å². The number of non-ortho nitro benzene ring substituents is 1. The van der Waals surface area contributed by atoms with Crippen LogP contribution in [-0.2, 0) is 22.6 Å². The van der Waals surface area contributed by atoms with Crippen LogP contribution in [0.3, 0.4) is 0 Å². The molecule has 2 aromatic carbocycles. The summed E-state index contributed by atoms with van der Waals surface area (Å²) in [5, 5.41) is 15.8. The van der Waals surface area contributed by atoms with Gasteiger partial charge >= 0.3 is 10.1 Å². The largest absolute Gasteiger partial charge is 0.378 e. The topological polar surface area (TPSA) is 104 Å². The minimum absolute atomic E-state index is 0.00512. The maximum absolute atomic E-state index is 12.8. The van der Waals surface area contributed by atoms with Gasteiger partial charge in [-0.1, -0.05) is 38.5 Å². The van der Waals surface area contributed by atoms with Crippen LogP contribution < -0.4 is 4.18 Å². The Balaban J connectivity index is 2.18. The Kier molecular flexibility index (Phi) is 5.42. The highest BCUT2D eigenvalue weighted by atomic mass is 32.2. The molecule has 0 amide bonds. The van der Waals surface area contributed by atoms with Crippen molar-refractivity contribution in [1.29, 1.82) is 0 Å². The quantitative estimate of drug-likeness (QED) is 0.339. The SMILES string of the molecule is Cc1ccc(S(=O)(=O)Oc2ccc([N+](=O)[O-])cc2-c2nn(C)cc2C(C)(C)C)cc1. The molecule has 0 atom stereocenters. The summed E-state index contributed by atoms with van der Waals surface area (Å²) in [5.41, 5.74) is 1.88. The van der Waals surface area contributed by atoms with E-state index in [2.05, 4.69) is 5.10 Å². The van der Waals surface area contributed by atoms with Gasteiger partial charge in [-0.25, -0.2) is 0 Å². The first kappa shape index (κ1) is 21.5. The molecule has 9 heteroatoms. The Morgan fingerprint density at radius 2 is 1.73 bits per heavy atom. The monoisotopic (exact) mass is 429 g/mol. The van der Waals surface area contributed by atoms with E-state index in [1.165, 1.54) is 30.3 Å². The predicted octanol–water partition coefficient (Wildman–Crippen LogP) is 4.37. The highest BCUT2D eigenvalue weighted by Crippen LogP contribution is 2.39. The number of nitrogens with zero attached hydrogens (tertiary/aromatic N) is 3. The van der Waals surface area contributed by atoms with Crippen LogP contribution in [0.5, 0.6) is 5.75 Å². The molecule has 8 nitrogen and oxygen atoms in total. The number of benzene rings is 2. The Hall–Kier alpha value is -3.20. The van der Waals surface area contributed by atoms with Crippen molar-refractivity contribution >= 4 is 15.8 Å². The van der Waals surface area contributed by atoms with Crippen molar-refractivity contribution in [2.75, 3.05) is 0 Å². The fraction of sp³-hybridized carbons (Fsp3) is 0.286. The minimum Gasteiger partial charge on any atom is -0.378 e. The molecule has 3 rings (SSSR count). The maximum atomic E-state index is 12.8. The van der Waals surface area contributed by atoms with E-state index in [1.54, 1.807) is 23.9 Å². The predicted molar refractivity (Wildman–Crippen MR) is 113 cm³/mol. The zero-order chi connectivity index (χ0) is 22.3. The number of hydrogen-bond acceptors (Lipinski definition) is 6. The number of aryl methyl sites for hydroxylation is 2. The second kappa shape index (κ2) is 7.56. The van der Waals surface area contributed by atoms with E-state index in [0.717, 1.165) is 11.1 Å². The minimum atomic E-state index is -4.14. The molecule has 0 unspecified atom stereocenters. The second-order valence-corrected chi connectivity index (χ2v) is 9.65. The lowest BCUT2D eigenvalue weighted by Gasteiger charge is -2.19. The molecule has 0 aliphatic carbocycles. The molecular weight excluding hydrogens is 406 g/mol. The first-order chi connectivity index (χ1) is 13.9. The first-order valence-corrected chi connectivity index (χ1v) is 10.6. The fourth-order valence-corrected chi connectivity index (χ4v) is 3.94. The van der Waals surface area contributed by atoms with Crippen LogP contribution in [0, 0.1) is 17.0 Å². The van der Waals surface area contributed by atoms with Gasteiger partial charge < -0.3 is 4.18 Å². The number of nitro groups is 1. The summed E-state index contributed by atoms with van der Waals surface area (Å²) in [5.74, 6) is -0.0228. The van der Waals surface area contributed by atoms with Crippen molar-refractivity contribution in [3.8, 4) is 17.0 Å². The summed E-state index contributed by atoms with van der Waals surface area (Å²) in [4.78, 5) is 10.8. The molecule has 0 fully saturated rings. The van der Waals surface area contributed by atoms with Crippen LogP contribution in [-0.4, -0.2) is 23.1 Å². The van der Waals surface area contributed by atoms with Gasteiger partial charge in [0.2, 0.25) is 0 Å². The number of hydrogen-bond donors (Lipinski definition) is 0. The molecule has 0 bridgehead atoms. The summed E-state index contributed by atoms with van der Waals surface area (Å²) in [6.07, 6.45) is 1.81. The van der Waals surface area contributed by atoms with Crippen molar-refractivity contribution in [1.82, 2.24) is 9.78 Å². The van der Waals surface area contributed by atoms with Crippen molar-refractivity contribution in [2.45, 2.75) is 38.0 Å². The number of rotatable bonds is 5. The smallest absolute Gasteiger partial charge is 0.339 e. The number of nitro benzene ring substituents is 1. The lowest BCUT2D eigenvalue weighted by molar-refractivity contribution is -0.384.